The number of carbonyl (C=O) groups excluding carboxylic acids is 1. The molecule has 0 unspecified atom stereocenters. The largest absolute Gasteiger partial charge is 0.350 e. The number of ether oxygens (including phenoxy) is 4. The van der Waals surface area contributed by atoms with Gasteiger partial charge in [-0.1, -0.05) is 19.4 Å². The molecule has 0 aromatic heterocycles. The summed E-state index contributed by atoms with van der Waals surface area (Å²) in [4.78, 5) is 12.0. The highest BCUT2D eigenvalue weighted by Gasteiger charge is 2.75. The molecule has 2 spiro atoms. The monoisotopic (exact) mass is 388 g/mol. The molecule has 0 aromatic carbocycles. The molecule has 0 bridgehead atoms. The van der Waals surface area contributed by atoms with Gasteiger partial charge < -0.3 is 18.9 Å². The lowest BCUT2D eigenvalue weighted by Crippen LogP contribution is -2.63. The Balaban J connectivity index is 1.37. The van der Waals surface area contributed by atoms with E-state index in [4.69, 9.17) is 18.9 Å². The third-order valence-corrected chi connectivity index (χ3v) is 9.96. The Morgan fingerprint density at radius 3 is 2.57 bits per heavy atom. The normalized spacial score (nSPS) is 55.3. The van der Waals surface area contributed by atoms with Crippen LogP contribution in [0.1, 0.15) is 65.2 Å². The molecule has 0 aromatic rings. The fourth-order valence-corrected chi connectivity index (χ4v) is 8.54. The Labute approximate surface area is 167 Å². The van der Waals surface area contributed by atoms with Crippen molar-refractivity contribution in [2.75, 3.05) is 20.2 Å². The van der Waals surface area contributed by atoms with Gasteiger partial charge in [0.2, 0.25) is 5.79 Å². The summed E-state index contributed by atoms with van der Waals surface area (Å²) in [6.07, 6.45) is 10.6. The van der Waals surface area contributed by atoms with Gasteiger partial charge in [0, 0.05) is 11.8 Å². The fraction of sp³-hybridized carbons (Fsp3) is 0.870. The van der Waals surface area contributed by atoms with Crippen LogP contribution in [0, 0.1) is 28.6 Å². The fourth-order valence-electron chi connectivity index (χ4n) is 8.54. The minimum absolute atomic E-state index is 0.0560. The van der Waals surface area contributed by atoms with E-state index in [1.165, 1.54) is 24.8 Å². The third kappa shape index (κ3) is 1.95. The number of carbonyl (C=O) groups is 1. The molecule has 6 rings (SSSR count). The molecule has 2 saturated heterocycles. The second-order valence-corrected chi connectivity index (χ2v) is 10.6. The summed E-state index contributed by atoms with van der Waals surface area (Å²) in [5.74, 6) is 1.64. The van der Waals surface area contributed by atoms with E-state index in [1.807, 2.05) is 6.08 Å². The van der Waals surface area contributed by atoms with Crippen molar-refractivity contribution in [3.05, 3.63) is 11.6 Å². The van der Waals surface area contributed by atoms with E-state index in [1.54, 1.807) is 0 Å². The van der Waals surface area contributed by atoms with Crippen LogP contribution in [0.25, 0.3) is 0 Å². The molecule has 154 valence electrons. The average Bonchev–Trinajstić information content (AvgIpc) is 3.37. The molecule has 0 N–H and O–H groups in total. The molecule has 4 aliphatic carbocycles. The minimum Gasteiger partial charge on any atom is -0.350 e. The number of ketones is 1. The lowest BCUT2D eigenvalue weighted by Gasteiger charge is -2.60. The zero-order chi connectivity index (χ0) is 19.2. The molecule has 5 heteroatoms. The van der Waals surface area contributed by atoms with Crippen molar-refractivity contribution in [1.82, 2.24) is 0 Å². The Bertz CT molecular complexity index is 734. The van der Waals surface area contributed by atoms with E-state index in [0.29, 0.717) is 43.7 Å². The van der Waals surface area contributed by atoms with Crippen molar-refractivity contribution in [1.29, 1.82) is 0 Å². The van der Waals surface area contributed by atoms with Crippen LogP contribution in [0.2, 0.25) is 0 Å². The van der Waals surface area contributed by atoms with Crippen LogP contribution in [0.3, 0.4) is 0 Å². The average molecular weight is 389 g/mol. The molecular formula is C23H32O5. The topological polar surface area (TPSA) is 54.0 Å². The van der Waals surface area contributed by atoms with Gasteiger partial charge in [0.25, 0.3) is 0 Å². The maximum atomic E-state index is 12.0. The molecule has 2 aliphatic heterocycles. The van der Waals surface area contributed by atoms with Gasteiger partial charge in [0.1, 0.15) is 12.2 Å². The van der Waals surface area contributed by atoms with Crippen molar-refractivity contribution < 1.29 is 23.7 Å². The van der Waals surface area contributed by atoms with E-state index in [2.05, 4.69) is 13.8 Å². The summed E-state index contributed by atoms with van der Waals surface area (Å²) in [5.41, 5.74) is 1.32. The van der Waals surface area contributed by atoms with E-state index in [-0.39, 0.29) is 16.4 Å². The SMILES string of the molecule is C[C@]12CCC(=O)C=C1CC[C@@H]1[C@@H]2CC[C@@]2(C)[C@H]1CC[C@@]21OCO[C@]12COCO2. The van der Waals surface area contributed by atoms with Crippen LogP contribution < -0.4 is 0 Å². The van der Waals surface area contributed by atoms with Crippen molar-refractivity contribution in [3.8, 4) is 0 Å². The van der Waals surface area contributed by atoms with Crippen LogP contribution in [-0.2, 0) is 23.7 Å². The first kappa shape index (κ1) is 18.1. The summed E-state index contributed by atoms with van der Waals surface area (Å²) in [6, 6.07) is 0. The minimum atomic E-state index is -0.718. The Morgan fingerprint density at radius 1 is 0.929 bits per heavy atom. The number of fused-ring (bicyclic) bond motifs is 7. The first-order chi connectivity index (χ1) is 13.4. The van der Waals surface area contributed by atoms with Gasteiger partial charge in [-0.2, -0.15) is 0 Å². The third-order valence-electron chi connectivity index (χ3n) is 9.96. The van der Waals surface area contributed by atoms with Crippen LogP contribution in [0.15, 0.2) is 11.6 Å². The zero-order valence-electron chi connectivity index (χ0n) is 17.1. The van der Waals surface area contributed by atoms with Gasteiger partial charge in [0.05, 0.1) is 0 Å². The van der Waals surface area contributed by atoms with E-state index < -0.39 is 5.79 Å². The van der Waals surface area contributed by atoms with Gasteiger partial charge in [-0.05, 0) is 74.2 Å². The molecule has 28 heavy (non-hydrogen) atoms. The van der Waals surface area contributed by atoms with Crippen molar-refractivity contribution >= 4 is 5.78 Å². The highest BCUT2D eigenvalue weighted by Crippen LogP contribution is 2.71. The molecule has 6 aliphatic rings. The highest BCUT2D eigenvalue weighted by molar-refractivity contribution is 5.91. The summed E-state index contributed by atoms with van der Waals surface area (Å²) >= 11 is 0. The Hall–Kier alpha value is -0.750. The molecule has 0 amide bonds. The summed E-state index contributed by atoms with van der Waals surface area (Å²) in [7, 11) is 0. The maximum Gasteiger partial charge on any atom is 0.226 e. The summed E-state index contributed by atoms with van der Waals surface area (Å²) < 4.78 is 24.3. The second-order valence-electron chi connectivity index (χ2n) is 10.6. The van der Waals surface area contributed by atoms with Crippen LogP contribution in [0.5, 0.6) is 0 Å². The number of rotatable bonds is 0. The Morgan fingerprint density at radius 2 is 1.75 bits per heavy atom. The molecular weight excluding hydrogens is 356 g/mol. The van der Waals surface area contributed by atoms with Crippen molar-refractivity contribution in [2.24, 2.45) is 28.6 Å². The molecule has 0 radical (unpaired) electrons. The van der Waals surface area contributed by atoms with Gasteiger partial charge in [0.15, 0.2) is 19.4 Å². The van der Waals surface area contributed by atoms with Crippen LogP contribution >= 0.6 is 0 Å². The quantitative estimate of drug-likeness (QED) is 0.629. The van der Waals surface area contributed by atoms with Crippen molar-refractivity contribution in [3.63, 3.8) is 0 Å². The van der Waals surface area contributed by atoms with E-state index >= 15 is 0 Å². The van der Waals surface area contributed by atoms with Gasteiger partial charge in [-0.15, -0.1) is 0 Å². The van der Waals surface area contributed by atoms with Gasteiger partial charge in [-0.25, -0.2) is 0 Å². The van der Waals surface area contributed by atoms with E-state index in [0.717, 1.165) is 32.1 Å². The van der Waals surface area contributed by atoms with Gasteiger partial charge >= 0.3 is 0 Å². The first-order valence-electron chi connectivity index (χ1n) is 11.2. The first-order valence-corrected chi connectivity index (χ1v) is 11.2. The highest BCUT2D eigenvalue weighted by atomic mass is 16.9. The lowest BCUT2D eigenvalue weighted by atomic mass is 9.46. The number of hydrogen-bond acceptors (Lipinski definition) is 5. The van der Waals surface area contributed by atoms with E-state index in [9.17, 15) is 4.79 Å². The standard InChI is InChI=1S/C23H32O5/c1-20-8-5-16(24)11-15(20)3-4-17-18(20)6-9-21(2)19(17)7-10-22(21)23(28-14-26-22)12-25-13-27-23/h11,17-19H,3-10,12-14H2,1-2H3/t17-,18+,19+,20+,21+,22-,23-/m1/s1. The number of allylic oxidation sites excluding steroid dienone is 1. The summed E-state index contributed by atoms with van der Waals surface area (Å²) in [5, 5.41) is 0. The zero-order valence-corrected chi connectivity index (χ0v) is 17.1. The lowest BCUT2D eigenvalue weighted by molar-refractivity contribution is -0.248. The van der Waals surface area contributed by atoms with Crippen LogP contribution in [-0.4, -0.2) is 37.4 Å². The number of hydrogen-bond donors (Lipinski definition) is 0. The van der Waals surface area contributed by atoms with Gasteiger partial charge in [-0.3, -0.25) is 4.79 Å². The predicted molar refractivity (Wildman–Crippen MR) is 101 cm³/mol. The molecule has 5 nitrogen and oxygen atoms in total. The Kier molecular flexibility index (Phi) is 3.67. The molecule has 3 saturated carbocycles. The molecule has 5 fully saturated rings. The van der Waals surface area contributed by atoms with Crippen molar-refractivity contribution in [2.45, 2.75) is 76.6 Å². The molecule has 7 atom stereocenters. The summed E-state index contributed by atoms with van der Waals surface area (Å²) in [6.45, 7) is 5.98. The second kappa shape index (κ2) is 5.69. The molecule has 2 heterocycles. The predicted octanol–water partition coefficient (Wildman–Crippen LogP) is 3.96. The van der Waals surface area contributed by atoms with Crippen LogP contribution in [0.4, 0.5) is 0 Å². The maximum absolute atomic E-state index is 12.0. The smallest absolute Gasteiger partial charge is 0.226 e.